The van der Waals surface area contributed by atoms with Crippen LogP contribution in [-0.2, 0) is 11.3 Å². The van der Waals surface area contributed by atoms with Gasteiger partial charge in [0.1, 0.15) is 0 Å². The summed E-state index contributed by atoms with van der Waals surface area (Å²) in [6.07, 6.45) is 10.3. The number of nitrogens with one attached hydrogen (secondary N) is 1. The van der Waals surface area contributed by atoms with E-state index < -0.39 is 0 Å². The Morgan fingerprint density at radius 3 is 2.64 bits per heavy atom. The molecular weight excluding hydrogens is 502 g/mol. The first-order valence-corrected chi connectivity index (χ1v) is 15.7. The number of amides is 2. The summed E-state index contributed by atoms with van der Waals surface area (Å²) in [6.45, 7) is 9.22. The summed E-state index contributed by atoms with van der Waals surface area (Å²) in [7, 11) is 0. The lowest BCUT2D eigenvalue weighted by Gasteiger charge is -2.44. The number of piperidine rings is 1. The highest BCUT2D eigenvalue weighted by Crippen LogP contribution is 2.42. The maximum atomic E-state index is 13.7. The third kappa shape index (κ3) is 7.15. The Morgan fingerprint density at radius 1 is 1.05 bits per heavy atom. The molecule has 3 fully saturated rings. The Morgan fingerprint density at radius 2 is 1.85 bits per heavy atom. The van der Waals surface area contributed by atoms with Gasteiger partial charge in [0.15, 0.2) is 0 Å². The van der Waals surface area contributed by atoms with E-state index in [0.29, 0.717) is 29.9 Å². The topological polar surface area (TPSA) is 52.7 Å². The second-order valence-electron chi connectivity index (χ2n) is 11.7. The summed E-state index contributed by atoms with van der Waals surface area (Å²) in [5.41, 5.74) is 4.09. The molecule has 6 heteroatoms. The van der Waals surface area contributed by atoms with E-state index in [1.165, 1.54) is 49.9 Å². The van der Waals surface area contributed by atoms with E-state index in [-0.39, 0.29) is 11.8 Å². The summed E-state index contributed by atoms with van der Waals surface area (Å²) in [6, 6.07) is 16.4. The molecule has 39 heavy (non-hydrogen) atoms. The van der Waals surface area contributed by atoms with Crippen molar-refractivity contribution < 1.29 is 9.59 Å². The lowest BCUT2D eigenvalue weighted by molar-refractivity contribution is -0.130. The Bertz CT molecular complexity index is 1180. The van der Waals surface area contributed by atoms with Crippen molar-refractivity contribution in [2.45, 2.75) is 76.6 Å². The summed E-state index contributed by atoms with van der Waals surface area (Å²) >= 11 is 1.76. The predicted molar refractivity (Wildman–Crippen MR) is 162 cm³/mol. The minimum Gasteiger partial charge on any atom is -0.352 e. The summed E-state index contributed by atoms with van der Waals surface area (Å²) in [5, 5.41) is 3.53. The van der Waals surface area contributed by atoms with Gasteiger partial charge in [-0.3, -0.25) is 9.59 Å². The molecule has 0 radical (unpaired) electrons. The van der Waals surface area contributed by atoms with Gasteiger partial charge in [-0.25, -0.2) is 0 Å². The zero-order valence-corrected chi connectivity index (χ0v) is 24.3. The molecule has 2 aromatic carbocycles. The SMILES string of the molecule is Cc1ccccc1CN1C(=O)/C(=C\c2ccc(C(=O)NCCCN3CCCC(C)C3)cc2)SC2CCCCC21. The monoisotopic (exact) mass is 545 g/mol. The van der Waals surface area contributed by atoms with Crippen LogP contribution in [0.15, 0.2) is 53.4 Å². The minimum absolute atomic E-state index is 0.0289. The van der Waals surface area contributed by atoms with Crippen molar-refractivity contribution in [3.8, 4) is 0 Å². The fourth-order valence-electron chi connectivity index (χ4n) is 6.31. The highest BCUT2D eigenvalue weighted by molar-refractivity contribution is 8.04. The predicted octanol–water partition coefficient (Wildman–Crippen LogP) is 6.27. The lowest BCUT2D eigenvalue weighted by atomic mass is 9.92. The van der Waals surface area contributed by atoms with Crippen LogP contribution in [0.5, 0.6) is 0 Å². The Hall–Kier alpha value is -2.57. The van der Waals surface area contributed by atoms with Crippen molar-refractivity contribution in [1.82, 2.24) is 15.1 Å². The van der Waals surface area contributed by atoms with Crippen molar-refractivity contribution in [2.75, 3.05) is 26.2 Å². The van der Waals surface area contributed by atoms with Gasteiger partial charge in [-0.1, -0.05) is 56.2 Å². The van der Waals surface area contributed by atoms with Crippen LogP contribution in [0.25, 0.3) is 6.08 Å². The van der Waals surface area contributed by atoms with Crippen LogP contribution in [-0.4, -0.2) is 59.1 Å². The minimum atomic E-state index is -0.0289. The van der Waals surface area contributed by atoms with E-state index in [0.717, 1.165) is 42.2 Å². The first-order chi connectivity index (χ1) is 19.0. The Balaban J connectivity index is 1.20. The van der Waals surface area contributed by atoms with Crippen LogP contribution in [0.1, 0.15) is 78.9 Å². The highest BCUT2D eigenvalue weighted by atomic mass is 32.2. The van der Waals surface area contributed by atoms with Crippen LogP contribution in [0, 0.1) is 12.8 Å². The fraction of sp³-hybridized carbons (Fsp3) is 0.515. The third-order valence-electron chi connectivity index (χ3n) is 8.57. The molecule has 0 spiro atoms. The van der Waals surface area contributed by atoms with Crippen molar-refractivity contribution in [1.29, 1.82) is 0 Å². The third-order valence-corrected chi connectivity index (χ3v) is 9.97. The van der Waals surface area contributed by atoms with E-state index in [9.17, 15) is 9.59 Å². The average Bonchev–Trinajstić information content (AvgIpc) is 2.94. The van der Waals surface area contributed by atoms with Gasteiger partial charge < -0.3 is 15.1 Å². The molecular formula is C33H43N3O2S. The summed E-state index contributed by atoms with van der Waals surface area (Å²) in [5.74, 6) is 0.888. The first kappa shape index (κ1) is 28.0. The number of thioether (sulfide) groups is 1. The van der Waals surface area contributed by atoms with Gasteiger partial charge in [0, 0.05) is 36.5 Å². The number of fused-ring (bicyclic) bond motifs is 1. The van der Waals surface area contributed by atoms with Crippen LogP contribution in [0.3, 0.4) is 0 Å². The van der Waals surface area contributed by atoms with Crippen LogP contribution < -0.4 is 5.32 Å². The first-order valence-electron chi connectivity index (χ1n) is 14.8. The fourth-order valence-corrected chi connectivity index (χ4v) is 7.78. The van der Waals surface area contributed by atoms with Crippen LogP contribution in [0.2, 0.25) is 0 Å². The summed E-state index contributed by atoms with van der Waals surface area (Å²) in [4.78, 5) is 31.9. The van der Waals surface area contributed by atoms with Crippen molar-refractivity contribution in [2.24, 2.45) is 5.92 Å². The number of likely N-dealkylation sites (tertiary alicyclic amines) is 1. The summed E-state index contributed by atoms with van der Waals surface area (Å²) < 4.78 is 0. The maximum absolute atomic E-state index is 13.7. The molecule has 5 rings (SSSR count). The van der Waals surface area contributed by atoms with Gasteiger partial charge in [0.25, 0.3) is 11.8 Å². The molecule has 2 heterocycles. The van der Waals surface area contributed by atoms with Crippen molar-refractivity contribution in [3.05, 3.63) is 75.7 Å². The molecule has 1 aliphatic carbocycles. The molecule has 2 saturated heterocycles. The molecule has 0 aromatic heterocycles. The van der Waals surface area contributed by atoms with Gasteiger partial charge in [-0.2, -0.15) is 0 Å². The number of carbonyl (C=O) groups excluding carboxylic acids is 2. The zero-order chi connectivity index (χ0) is 27.2. The van der Waals surface area contributed by atoms with E-state index >= 15 is 0 Å². The standard InChI is InChI=1S/C33H43N3O2S/c1-24-9-7-19-35(22-24)20-8-18-34-32(37)27-16-14-26(15-17-27)21-31-33(38)36(23-28-11-4-3-10-25(28)2)29-12-5-6-13-30(29)39-31/h3-4,10-11,14-17,21,24,29-30H,5-9,12-13,18-20,22-23H2,1-2H3,(H,34,37)/b31-21+. The zero-order valence-electron chi connectivity index (χ0n) is 23.5. The largest absolute Gasteiger partial charge is 0.352 e. The Labute approximate surface area is 238 Å². The van der Waals surface area contributed by atoms with Gasteiger partial charge in [0.2, 0.25) is 0 Å². The number of hydrogen-bond acceptors (Lipinski definition) is 4. The smallest absolute Gasteiger partial charge is 0.260 e. The number of rotatable bonds is 8. The average molecular weight is 546 g/mol. The quantitative estimate of drug-likeness (QED) is 0.314. The maximum Gasteiger partial charge on any atom is 0.260 e. The Kier molecular flexibility index (Phi) is 9.46. The normalized spacial score (nSPS) is 25.0. The molecule has 3 aliphatic rings. The van der Waals surface area contributed by atoms with Crippen molar-refractivity contribution in [3.63, 3.8) is 0 Å². The van der Waals surface area contributed by atoms with Gasteiger partial charge >= 0.3 is 0 Å². The van der Waals surface area contributed by atoms with Gasteiger partial charge in [-0.05, 0) is 92.9 Å². The lowest BCUT2D eigenvalue weighted by Crippen LogP contribution is -2.50. The van der Waals surface area contributed by atoms with Crippen molar-refractivity contribution >= 4 is 29.7 Å². The van der Waals surface area contributed by atoms with E-state index in [1.54, 1.807) is 11.8 Å². The number of carbonyl (C=O) groups is 2. The molecule has 2 aliphatic heterocycles. The molecule has 3 atom stereocenters. The molecule has 5 nitrogen and oxygen atoms in total. The molecule has 1 saturated carbocycles. The highest BCUT2D eigenvalue weighted by Gasteiger charge is 2.40. The molecule has 1 N–H and O–H groups in total. The molecule has 208 valence electrons. The van der Waals surface area contributed by atoms with E-state index in [1.807, 2.05) is 30.3 Å². The second kappa shape index (κ2) is 13.2. The van der Waals surface area contributed by atoms with E-state index in [2.05, 4.69) is 53.2 Å². The number of aryl methyl sites for hydroxylation is 1. The molecule has 0 bridgehead atoms. The number of benzene rings is 2. The van der Waals surface area contributed by atoms with Gasteiger partial charge in [-0.15, -0.1) is 11.8 Å². The van der Waals surface area contributed by atoms with Gasteiger partial charge in [0.05, 0.1) is 4.91 Å². The molecule has 3 unspecified atom stereocenters. The molecule has 2 aromatic rings. The van der Waals surface area contributed by atoms with E-state index in [4.69, 9.17) is 0 Å². The number of nitrogens with zero attached hydrogens (tertiary/aromatic N) is 2. The molecule has 2 amide bonds. The van der Waals surface area contributed by atoms with Crippen LogP contribution in [0.4, 0.5) is 0 Å². The number of hydrogen-bond donors (Lipinski definition) is 1. The second-order valence-corrected chi connectivity index (χ2v) is 12.9. The van der Waals surface area contributed by atoms with Crippen LogP contribution >= 0.6 is 11.8 Å².